The Morgan fingerprint density at radius 2 is 1.15 bits per heavy atom. The Morgan fingerprint density at radius 3 is 1.65 bits per heavy atom. The van der Waals surface area contributed by atoms with E-state index in [9.17, 15) is 0 Å². The normalized spacial score (nSPS) is 8.50. The van der Waals surface area contributed by atoms with E-state index in [0.29, 0.717) is 0 Å². The van der Waals surface area contributed by atoms with Gasteiger partial charge in [0.05, 0.1) is 0 Å². The second-order valence-corrected chi connectivity index (χ2v) is 5.80. The average Bonchev–Trinajstić information content (AvgIpc) is 2.53. The van der Waals surface area contributed by atoms with Crippen LogP contribution < -0.4 is 10.6 Å². The quantitative estimate of drug-likeness (QED) is 0.582. The van der Waals surface area contributed by atoms with Gasteiger partial charge in [-0.05, 0) is 41.2 Å². The van der Waals surface area contributed by atoms with E-state index in [1.165, 1.54) is 10.6 Å². The van der Waals surface area contributed by atoms with Crippen LogP contribution in [0.1, 0.15) is 6.92 Å². The van der Waals surface area contributed by atoms with E-state index in [-0.39, 0.29) is 0 Å². The molecular weight excluding hydrogens is 259 g/mol. The molecule has 20 heavy (non-hydrogen) atoms. The molecule has 0 saturated heterocycles. The number of hydrogen-bond donors (Lipinski definition) is 0. The summed E-state index contributed by atoms with van der Waals surface area (Å²) < 4.78 is 0. The summed E-state index contributed by atoms with van der Waals surface area (Å²) in [5.74, 6) is 13.9. The van der Waals surface area contributed by atoms with E-state index in [2.05, 4.69) is 59.5 Å². The van der Waals surface area contributed by atoms with Crippen LogP contribution in [0.2, 0.25) is 0 Å². The van der Waals surface area contributed by atoms with Crippen molar-refractivity contribution < 1.29 is 0 Å². The van der Waals surface area contributed by atoms with Gasteiger partial charge in [0.15, 0.2) is 0 Å². The van der Waals surface area contributed by atoms with Gasteiger partial charge in [0.1, 0.15) is 0 Å². The topological polar surface area (TPSA) is 0 Å². The van der Waals surface area contributed by atoms with Crippen molar-refractivity contribution in [2.45, 2.75) is 6.92 Å². The van der Waals surface area contributed by atoms with Crippen molar-refractivity contribution in [3.63, 3.8) is 0 Å². The number of hydrogen-bond acceptors (Lipinski definition) is 0. The van der Waals surface area contributed by atoms with Crippen molar-refractivity contribution in [1.82, 2.24) is 0 Å². The zero-order valence-electron chi connectivity index (χ0n) is 11.2. The third kappa shape index (κ3) is 4.04. The first-order chi connectivity index (χ1) is 9.92. The van der Waals surface area contributed by atoms with Gasteiger partial charge in [0.2, 0.25) is 0 Å². The summed E-state index contributed by atoms with van der Waals surface area (Å²) in [5, 5.41) is 2.48. The van der Waals surface area contributed by atoms with Crippen LogP contribution in [0.15, 0.2) is 60.7 Å². The summed E-state index contributed by atoms with van der Waals surface area (Å²) in [7, 11) is -0.684. The minimum absolute atomic E-state index is 0.684. The predicted octanol–water partition coefficient (Wildman–Crippen LogP) is 3.11. The molecule has 0 radical (unpaired) electrons. The summed E-state index contributed by atoms with van der Waals surface area (Å²) in [6, 6.07) is 20.7. The molecule has 1 heteroatoms. The predicted molar refractivity (Wildman–Crippen MR) is 88.1 cm³/mol. The number of rotatable bonds is 2. The van der Waals surface area contributed by atoms with Gasteiger partial charge in [-0.25, -0.2) is 0 Å². The first-order valence-corrected chi connectivity index (χ1v) is 7.58. The molecule has 0 heterocycles. The second kappa shape index (κ2) is 7.87. The largest absolute Gasteiger partial charge is 0.0925 e. The maximum absolute atomic E-state index is 3.28. The summed E-state index contributed by atoms with van der Waals surface area (Å²) in [6.07, 6.45) is 0. The number of benzene rings is 2. The molecule has 0 aliphatic heterocycles. The minimum Gasteiger partial charge on any atom is -0.0925 e. The molecule has 2 rings (SSSR count). The maximum Gasteiger partial charge on any atom is 0.0355 e. The molecule has 0 unspecified atom stereocenters. The van der Waals surface area contributed by atoms with E-state index in [0.717, 1.165) is 0 Å². The fraction of sp³-hybridized carbons (Fsp3) is 0.0526. The highest BCUT2D eigenvalue weighted by Gasteiger charge is 2.09. The molecule has 0 bridgehead atoms. The van der Waals surface area contributed by atoms with E-state index in [4.69, 9.17) is 0 Å². The molecular formula is C19H13P. The fourth-order valence-electron chi connectivity index (χ4n) is 1.64. The van der Waals surface area contributed by atoms with Gasteiger partial charge in [0, 0.05) is 7.92 Å². The average molecular weight is 272 g/mol. The molecule has 0 atom stereocenters. The standard InChI is InChI=1S/C19H13P/c1-2-3-4-5-12-17-20(18-13-8-6-9-14-18)19-15-10-7-11-16-19/h6-11,13-16H,1H3. The van der Waals surface area contributed by atoms with Gasteiger partial charge in [0.25, 0.3) is 0 Å². The van der Waals surface area contributed by atoms with Gasteiger partial charge in [-0.2, -0.15) is 0 Å². The van der Waals surface area contributed by atoms with Crippen LogP contribution in [-0.2, 0) is 0 Å². The van der Waals surface area contributed by atoms with Crippen molar-refractivity contribution in [2.75, 3.05) is 0 Å². The Labute approximate surface area is 122 Å². The zero-order valence-corrected chi connectivity index (χ0v) is 12.1. The van der Waals surface area contributed by atoms with Crippen molar-refractivity contribution in [3.8, 4) is 35.3 Å². The van der Waals surface area contributed by atoms with Crippen LogP contribution >= 0.6 is 7.92 Å². The Kier molecular flexibility index (Phi) is 5.50. The molecule has 0 N–H and O–H groups in total. The van der Waals surface area contributed by atoms with Crippen LogP contribution in [0.3, 0.4) is 0 Å². The van der Waals surface area contributed by atoms with Crippen molar-refractivity contribution in [2.24, 2.45) is 0 Å². The van der Waals surface area contributed by atoms with Gasteiger partial charge in [-0.3, -0.25) is 0 Å². The molecule has 2 aromatic rings. The van der Waals surface area contributed by atoms with Crippen LogP contribution in [0.25, 0.3) is 0 Å². The molecule has 0 aromatic heterocycles. The highest BCUT2D eigenvalue weighted by Crippen LogP contribution is 2.31. The Balaban J connectivity index is 2.36. The lowest BCUT2D eigenvalue weighted by Gasteiger charge is -2.10. The first kappa shape index (κ1) is 14.0. The molecule has 0 saturated carbocycles. The zero-order chi connectivity index (χ0) is 14.0. The lowest BCUT2D eigenvalue weighted by atomic mass is 10.4. The molecule has 0 spiro atoms. The highest BCUT2D eigenvalue weighted by molar-refractivity contribution is 7.77. The lowest BCUT2D eigenvalue weighted by molar-refractivity contribution is 1.76. The van der Waals surface area contributed by atoms with E-state index < -0.39 is 7.92 Å². The molecule has 0 amide bonds. The summed E-state index contributed by atoms with van der Waals surface area (Å²) in [5.41, 5.74) is 3.28. The summed E-state index contributed by atoms with van der Waals surface area (Å²) in [4.78, 5) is 0. The smallest absolute Gasteiger partial charge is 0.0355 e. The molecule has 0 aliphatic carbocycles. The summed E-state index contributed by atoms with van der Waals surface area (Å²) >= 11 is 0. The second-order valence-electron chi connectivity index (χ2n) is 3.87. The van der Waals surface area contributed by atoms with Crippen LogP contribution in [-0.4, -0.2) is 0 Å². The molecule has 0 nitrogen and oxygen atoms in total. The highest BCUT2D eigenvalue weighted by atomic mass is 31.1. The SMILES string of the molecule is CC#CC#CC#CP(c1ccccc1)c1ccccc1. The van der Waals surface area contributed by atoms with Crippen molar-refractivity contribution in [3.05, 3.63) is 60.7 Å². The van der Waals surface area contributed by atoms with Crippen LogP contribution in [0.5, 0.6) is 0 Å². The van der Waals surface area contributed by atoms with Crippen LogP contribution in [0.4, 0.5) is 0 Å². The minimum atomic E-state index is -0.684. The summed E-state index contributed by atoms with van der Waals surface area (Å²) in [6.45, 7) is 1.77. The van der Waals surface area contributed by atoms with E-state index in [1.54, 1.807) is 6.92 Å². The Morgan fingerprint density at radius 1 is 0.650 bits per heavy atom. The van der Waals surface area contributed by atoms with Gasteiger partial charge >= 0.3 is 0 Å². The molecule has 0 aliphatic rings. The molecule has 0 fully saturated rings. The maximum atomic E-state index is 3.28. The Bertz CT molecular complexity index is 687. The molecule has 94 valence electrons. The monoisotopic (exact) mass is 272 g/mol. The van der Waals surface area contributed by atoms with E-state index >= 15 is 0 Å². The van der Waals surface area contributed by atoms with Gasteiger partial charge < -0.3 is 0 Å². The van der Waals surface area contributed by atoms with Crippen molar-refractivity contribution in [1.29, 1.82) is 0 Å². The van der Waals surface area contributed by atoms with Crippen LogP contribution in [0, 0.1) is 35.3 Å². The first-order valence-electron chi connectivity index (χ1n) is 6.24. The third-order valence-electron chi connectivity index (χ3n) is 2.51. The lowest BCUT2D eigenvalue weighted by Crippen LogP contribution is -2.09. The van der Waals surface area contributed by atoms with Crippen molar-refractivity contribution >= 4 is 18.5 Å². The van der Waals surface area contributed by atoms with Gasteiger partial charge in [-0.15, -0.1) is 0 Å². The molecule has 2 aromatic carbocycles. The Hall–Kier alpha value is -2.45. The third-order valence-corrected chi connectivity index (χ3v) is 4.47. The fourth-order valence-corrected chi connectivity index (χ4v) is 3.31. The van der Waals surface area contributed by atoms with E-state index in [1.807, 2.05) is 36.4 Å². The van der Waals surface area contributed by atoms with Gasteiger partial charge in [-0.1, -0.05) is 72.2 Å².